The highest BCUT2D eigenvalue weighted by molar-refractivity contribution is 6.32. The van der Waals surface area contributed by atoms with Gasteiger partial charge in [-0.1, -0.05) is 17.7 Å². The number of nitrogens with one attached hydrogen (secondary N) is 1. The van der Waals surface area contributed by atoms with Crippen LogP contribution in [0, 0.1) is 17.0 Å². The van der Waals surface area contributed by atoms with Gasteiger partial charge in [0.2, 0.25) is 0 Å². The van der Waals surface area contributed by atoms with Crippen molar-refractivity contribution in [2.24, 2.45) is 5.10 Å². The molecule has 9 nitrogen and oxygen atoms in total. The van der Waals surface area contributed by atoms with Crippen LogP contribution in [0.15, 0.2) is 35.4 Å². The number of methoxy groups -OCH3 is 1. The van der Waals surface area contributed by atoms with Crippen LogP contribution in [0.5, 0.6) is 17.2 Å². The molecule has 2 N–H and O–H groups in total. The lowest BCUT2D eigenvalue weighted by Gasteiger charge is -2.07. The Balaban J connectivity index is 1.97. The van der Waals surface area contributed by atoms with Crippen LogP contribution in [0.1, 0.15) is 11.1 Å². The zero-order valence-corrected chi connectivity index (χ0v) is 15.2. The molecule has 2 aromatic rings. The number of nitrogens with zero attached hydrogens (tertiary/aromatic N) is 2. The normalized spacial score (nSPS) is 10.6. The summed E-state index contributed by atoms with van der Waals surface area (Å²) in [6.45, 7) is 1.25. The third-order valence-electron chi connectivity index (χ3n) is 3.34. The maximum atomic E-state index is 11.8. The molecule has 0 aliphatic rings. The molecule has 0 saturated carbocycles. The van der Waals surface area contributed by atoms with Gasteiger partial charge in [0.15, 0.2) is 23.9 Å². The van der Waals surface area contributed by atoms with Gasteiger partial charge in [0, 0.05) is 6.07 Å². The fourth-order valence-electron chi connectivity index (χ4n) is 2.07. The molecule has 1 amide bonds. The summed E-state index contributed by atoms with van der Waals surface area (Å²) in [4.78, 5) is 22.2. The summed E-state index contributed by atoms with van der Waals surface area (Å²) in [7, 11) is 1.37. The fourth-order valence-corrected chi connectivity index (χ4v) is 2.29. The van der Waals surface area contributed by atoms with Gasteiger partial charge in [-0.25, -0.2) is 5.43 Å². The van der Waals surface area contributed by atoms with E-state index in [0.717, 1.165) is 0 Å². The minimum Gasteiger partial charge on any atom is -0.503 e. The van der Waals surface area contributed by atoms with Crippen LogP contribution >= 0.6 is 11.6 Å². The third kappa shape index (κ3) is 5.32. The molecule has 0 atom stereocenters. The molecule has 0 fully saturated rings. The summed E-state index contributed by atoms with van der Waals surface area (Å²) in [5.74, 6) is -0.670. The minimum atomic E-state index is -0.613. The molecule has 2 aromatic carbocycles. The van der Waals surface area contributed by atoms with Gasteiger partial charge in [-0.05, 0) is 36.2 Å². The zero-order chi connectivity index (χ0) is 20.0. The molecule has 2 rings (SSSR count). The summed E-state index contributed by atoms with van der Waals surface area (Å²) in [5, 5.41) is 24.5. The van der Waals surface area contributed by atoms with Crippen molar-refractivity contribution in [1.82, 2.24) is 5.43 Å². The van der Waals surface area contributed by atoms with Crippen LogP contribution in [0.25, 0.3) is 0 Å². The third-order valence-corrected chi connectivity index (χ3v) is 3.63. The lowest BCUT2D eigenvalue weighted by molar-refractivity contribution is -0.385. The van der Waals surface area contributed by atoms with Gasteiger partial charge in [-0.2, -0.15) is 5.10 Å². The van der Waals surface area contributed by atoms with E-state index in [1.807, 2.05) is 0 Å². The molecule has 0 aliphatic heterocycles. The Morgan fingerprint density at radius 2 is 2.11 bits per heavy atom. The number of carbonyl (C=O) groups is 1. The Kier molecular flexibility index (Phi) is 6.56. The Hall–Kier alpha value is -3.33. The predicted octanol–water partition coefficient (Wildman–Crippen LogP) is 2.80. The highest BCUT2D eigenvalue weighted by atomic mass is 35.5. The monoisotopic (exact) mass is 393 g/mol. The quantitative estimate of drug-likeness (QED) is 0.423. The molecule has 0 unspecified atom stereocenters. The van der Waals surface area contributed by atoms with Gasteiger partial charge in [-0.15, -0.1) is 0 Å². The summed E-state index contributed by atoms with van der Waals surface area (Å²) < 4.78 is 10.1. The number of nitro benzene ring substituents is 1. The smallest absolute Gasteiger partial charge is 0.311 e. The summed E-state index contributed by atoms with van der Waals surface area (Å²) in [5.41, 5.74) is 3.17. The van der Waals surface area contributed by atoms with Crippen LogP contribution in [0.2, 0.25) is 5.02 Å². The second-order valence-electron chi connectivity index (χ2n) is 5.36. The standard InChI is InChI=1S/C17H16ClN3O6/c1-10-3-4-14(13(5-10)21(24)25)27-9-16(22)20-19-8-11-6-12(18)17(23)15(7-11)26-2/h3-8,23H,9H2,1-2H3,(H,20,22)/b19-8+. The molecule has 142 valence electrons. The average Bonchev–Trinajstić information content (AvgIpc) is 2.63. The molecule has 0 spiro atoms. The van der Waals surface area contributed by atoms with Crippen LogP contribution in [0.3, 0.4) is 0 Å². The minimum absolute atomic E-state index is 0.0141. The topological polar surface area (TPSA) is 123 Å². The Morgan fingerprint density at radius 3 is 2.78 bits per heavy atom. The van der Waals surface area contributed by atoms with Crippen LogP contribution in [-0.4, -0.2) is 35.9 Å². The fraction of sp³-hybridized carbons (Fsp3) is 0.176. The van der Waals surface area contributed by atoms with E-state index in [1.165, 1.54) is 37.6 Å². The molecule has 0 radical (unpaired) electrons. The number of rotatable bonds is 7. The number of aromatic hydroxyl groups is 1. The number of hydrogen-bond acceptors (Lipinski definition) is 7. The van der Waals surface area contributed by atoms with Crippen molar-refractivity contribution in [3.63, 3.8) is 0 Å². The largest absolute Gasteiger partial charge is 0.503 e. The van der Waals surface area contributed by atoms with Gasteiger partial charge < -0.3 is 14.6 Å². The molecule has 0 bridgehead atoms. The van der Waals surface area contributed by atoms with E-state index in [-0.39, 0.29) is 28.0 Å². The van der Waals surface area contributed by atoms with Crippen LogP contribution in [-0.2, 0) is 4.79 Å². The first-order valence-electron chi connectivity index (χ1n) is 7.58. The number of halogens is 1. The number of hydrazone groups is 1. The number of amides is 1. The van der Waals surface area contributed by atoms with Crippen LogP contribution in [0.4, 0.5) is 5.69 Å². The van der Waals surface area contributed by atoms with E-state index >= 15 is 0 Å². The SMILES string of the molecule is COc1cc(/C=N/NC(=O)COc2ccc(C)cc2[N+](=O)[O-])cc(Cl)c1O. The Labute approximate surface area is 159 Å². The Bertz CT molecular complexity index is 900. The molecule has 0 heterocycles. The molecule has 0 saturated heterocycles. The van der Waals surface area contributed by atoms with E-state index in [0.29, 0.717) is 11.1 Å². The van der Waals surface area contributed by atoms with E-state index in [1.54, 1.807) is 13.0 Å². The van der Waals surface area contributed by atoms with Crippen molar-refractivity contribution >= 4 is 29.4 Å². The maximum Gasteiger partial charge on any atom is 0.311 e. The molecule has 10 heteroatoms. The number of hydrogen-bond donors (Lipinski definition) is 2. The number of ether oxygens (including phenoxy) is 2. The van der Waals surface area contributed by atoms with Gasteiger partial charge in [0.05, 0.1) is 23.3 Å². The second kappa shape index (κ2) is 8.86. The van der Waals surface area contributed by atoms with Gasteiger partial charge in [0.25, 0.3) is 5.91 Å². The van der Waals surface area contributed by atoms with Gasteiger partial charge in [-0.3, -0.25) is 14.9 Å². The maximum absolute atomic E-state index is 11.8. The summed E-state index contributed by atoms with van der Waals surface area (Å²) in [6, 6.07) is 7.33. The number of aryl methyl sites for hydroxylation is 1. The number of benzene rings is 2. The number of phenols is 1. The van der Waals surface area contributed by atoms with Gasteiger partial charge in [0.1, 0.15) is 0 Å². The lowest BCUT2D eigenvalue weighted by atomic mass is 10.2. The summed E-state index contributed by atoms with van der Waals surface area (Å²) in [6.07, 6.45) is 1.29. The number of carbonyl (C=O) groups excluding carboxylic acids is 1. The molecule has 27 heavy (non-hydrogen) atoms. The van der Waals surface area contributed by atoms with E-state index in [9.17, 15) is 20.0 Å². The van der Waals surface area contributed by atoms with Crippen molar-refractivity contribution < 1.29 is 24.3 Å². The second-order valence-corrected chi connectivity index (χ2v) is 5.77. The number of phenolic OH excluding ortho intramolecular Hbond substituents is 1. The molecular formula is C17H16ClN3O6. The van der Waals surface area contributed by atoms with E-state index in [2.05, 4.69) is 10.5 Å². The summed E-state index contributed by atoms with van der Waals surface area (Å²) >= 11 is 5.85. The van der Waals surface area contributed by atoms with Crippen LogP contribution < -0.4 is 14.9 Å². The molecular weight excluding hydrogens is 378 g/mol. The van der Waals surface area contributed by atoms with Crippen molar-refractivity contribution in [2.45, 2.75) is 6.92 Å². The van der Waals surface area contributed by atoms with Crippen molar-refractivity contribution in [2.75, 3.05) is 13.7 Å². The zero-order valence-electron chi connectivity index (χ0n) is 14.4. The van der Waals surface area contributed by atoms with E-state index < -0.39 is 17.4 Å². The molecule has 0 aliphatic carbocycles. The van der Waals surface area contributed by atoms with Crippen molar-refractivity contribution in [3.8, 4) is 17.2 Å². The van der Waals surface area contributed by atoms with E-state index in [4.69, 9.17) is 21.1 Å². The first-order chi connectivity index (χ1) is 12.8. The highest BCUT2D eigenvalue weighted by Crippen LogP contribution is 2.34. The molecule has 0 aromatic heterocycles. The van der Waals surface area contributed by atoms with Crippen molar-refractivity contribution in [1.29, 1.82) is 0 Å². The lowest BCUT2D eigenvalue weighted by Crippen LogP contribution is -2.24. The van der Waals surface area contributed by atoms with Gasteiger partial charge >= 0.3 is 5.69 Å². The average molecular weight is 394 g/mol. The predicted molar refractivity (Wildman–Crippen MR) is 98.7 cm³/mol. The first kappa shape index (κ1) is 20.0. The number of nitro groups is 1. The van der Waals surface area contributed by atoms with Crippen molar-refractivity contribution in [3.05, 3.63) is 56.6 Å². The highest BCUT2D eigenvalue weighted by Gasteiger charge is 2.16. The first-order valence-corrected chi connectivity index (χ1v) is 7.96. The Morgan fingerprint density at radius 1 is 1.37 bits per heavy atom.